The number of hydrogen-bond donors (Lipinski definition) is 0. The fraction of sp³-hybridized carbons (Fsp3) is 1.00. The van der Waals surface area contributed by atoms with Crippen LogP contribution in [0, 0.1) is 0 Å². The first-order chi connectivity index (χ1) is 19.0. The molecule has 0 radical (unpaired) electrons. The molecule has 5 bridgehead atoms. The van der Waals surface area contributed by atoms with Gasteiger partial charge >= 0.3 is 91.5 Å². The lowest BCUT2D eigenvalue weighted by Gasteiger charge is -2.59. The molecule has 0 N–H and O–H groups in total. The topological polar surface area (TPSA) is 365 Å². The van der Waals surface area contributed by atoms with Crippen molar-refractivity contribution in [2.75, 3.05) is 0 Å². The van der Waals surface area contributed by atoms with Crippen LogP contribution < -0.4 is 0 Å². The van der Waals surface area contributed by atoms with Gasteiger partial charge in [-0.3, -0.25) is 4.74 Å². The lowest BCUT2D eigenvalue weighted by molar-refractivity contribution is -0.686. The molecule has 6 atom stereocenters. The Kier molecular flexibility index (Phi) is 5.55. The summed E-state index contributed by atoms with van der Waals surface area (Å²) < 4.78 is 204. The van der Waals surface area contributed by atoms with Crippen molar-refractivity contribution in [3.8, 4) is 0 Å². The number of hydrogen-bond acceptors (Lipinski definition) is 30. The first-order valence-corrected chi connectivity index (χ1v) is 17.1. The van der Waals surface area contributed by atoms with Gasteiger partial charge in [-0.1, -0.05) is 17.3 Å². The highest BCUT2D eigenvalue weighted by atomic mass is 32.3. The highest BCUT2D eigenvalue weighted by Gasteiger charge is 3.05. The molecule has 0 aromatic carbocycles. The van der Waals surface area contributed by atoms with Crippen LogP contribution in [0.1, 0.15) is 0 Å². The second-order valence-corrected chi connectivity index (χ2v) is 14.3. The predicted molar refractivity (Wildman–Crippen MR) is 91.2 cm³/mol. The van der Waals surface area contributed by atoms with Crippen molar-refractivity contribution >= 4 is 62.4 Å². The van der Waals surface area contributed by atoms with E-state index >= 15 is 0 Å². The second-order valence-electron chi connectivity index (χ2n) is 7.52. The maximum Gasteiger partial charge on any atom is 0.453 e. The van der Waals surface area contributed by atoms with E-state index in [4.69, 9.17) is 4.74 Å². The summed E-state index contributed by atoms with van der Waals surface area (Å²) >= 11 is 0. The number of nitrogens with zero attached hydrogens (tertiary/aromatic N) is 1. The van der Waals surface area contributed by atoms with Crippen LogP contribution in [0.15, 0.2) is 0 Å². The van der Waals surface area contributed by atoms with E-state index in [1.54, 1.807) is 0 Å². The second kappa shape index (κ2) is 7.85. The van der Waals surface area contributed by atoms with Crippen LogP contribution in [-0.4, -0.2) is 91.1 Å². The Morgan fingerprint density at radius 1 is 0.500 bits per heavy atom. The molecular weight excluding hydrogens is 742 g/mol. The van der Waals surface area contributed by atoms with Crippen LogP contribution in [0.5, 0.6) is 0 Å². The Morgan fingerprint density at radius 3 is 1.74 bits per heavy atom. The SMILES string of the molecule is O=S1(=O)OOC2OS(=O)(=O)OO[C@]34OS(=O)(=O)O[C@]3(OO1)[C@@]21OC2(OOS(=O)(=O)O1)OS(=O)(=O)O[C@@]24N1OS(=O)(=O)O1. The molecule has 7 heterocycles. The van der Waals surface area contributed by atoms with Crippen molar-refractivity contribution in [1.82, 2.24) is 5.23 Å². The standard InChI is InChI=1S/C6HNO29S6/c8-37(9)21-1-2-4(23-35-42(18,19)33-20-1)5(24-34-37,29-39(12,13)28-4)3(7-31-41(16,17)32-7)6(22-2,30-38(10,11)27-3)25-36-40(14,15)26-2/h1H/t1?,2-,3-,4-,5-,6?/m1/s1. The van der Waals surface area contributed by atoms with E-state index in [0.717, 1.165) is 0 Å². The molecule has 7 aliphatic heterocycles. The quantitative estimate of drug-likeness (QED) is 0.225. The normalized spacial score (nSPS) is 50.7. The van der Waals surface area contributed by atoms with Gasteiger partial charge in [-0.25, -0.2) is 8.37 Å². The van der Waals surface area contributed by atoms with Crippen molar-refractivity contribution < 1.29 is 126 Å². The molecule has 7 saturated heterocycles. The Balaban J connectivity index is 1.69. The van der Waals surface area contributed by atoms with Gasteiger partial charge in [0.1, 0.15) is 0 Å². The molecule has 3 spiro atoms. The van der Waals surface area contributed by atoms with Gasteiger partial charge in [-0.05, 0) is 0 Å². The summed E-state index contributed by atoms with van der Waals surface area (Å²) in [6, 6.07) is 0. The van der Waals surface area contributed by atoms with Crippen LogP contribution in [0.2, 0.25) is 0 Å². The van der Waals surface area contributed by atoms with Gasteiger partial charge in [-0.15, -0.1) is 13.5 Å². The van der Waals surface area contributed by atoms with Gasteiger partial charge in [-0.2, -0.15) is 81.9 Å². The molecule has 7 aliphatic rings. The van der Waals surface area contributed by atoms with Crippen LogP contribution >= 0.6 is 0 Å². The molecule has 0 amide bonds. The smallest absolute Gasteiger partial charge is 0.276 e. The van der Waals surface area contributed by atoms with E-state index in [1.165, 1.54) is 0 Å². The molecule has 7 fully saturated rings. The highest BCUT2D eigenvalue weighted by Crippen LogP contribution is 2.71. The van der Waals surface area contributed by atoms with E-state index < -0.39 is 103 Å². The summed E-state index contributed by atoms with van der Waals surface area (Å²) in [5.74, 6) is -18.4. The number of ether oxygens (including phenoxy) is 1. The zero-order chi connectivity index (χ0) is 30.7. The van der Waals surface area contributed by atoms with Gasteiger partial charge in [0.25, 0.3) is 6.29 Å². The summed E-state index contributed by atoms with van der Waals surface area (Å²) in [6.07, 6.45) is -3.69. The Bertz CT molecular complexity index is 1930. The minimum atomic E-state index is -6.16. The average molecular weight is 743 g/mol. The van der Waals surface area contributed by atoms with Gasteiger partial charge in [0.05, 0.1) is 0 Å². The maximum absolute atomic E-state index is 12.8. The molecule has 0 saturated carbocycles. The lowest BCUT2D eigenvalue weighted by atomic mass is 9.82. The van der Waals surface area contributed by atoms with Crippen molar-refractivity contribution in [3.63, 3.8) is 0 Å². The lowest BCUT2D eigenvalue weighted by Crippen LogP contribution is -2.93. The molecule has 0 aromatic rings. The molecule has 0 aromatic heterocycles. The summed E-state index contributed by atoms with van der Waals surface area (Å²) in [5.41, 5.74) is -4.56. The third-order valence-corrected chi connectivity index (χ3v) is 9.33. The van der Waals surface area contributed by atoms with Crippen molar-refractivity contribution in [1.29, 1.82) is 0 Å². The van der Waals surface area contributed by atoms with E-state index in [2.05, 4.69) is 70.6 Å². The maximum atomic E-state index is 12.8. The molecule has 2 unspecified atom stereocenters. The molecule has 7 rings (SSSR count). The van der Waals surface area contributed by atoms with E-state index in [0.29, 0.717) is 0 Å². The minimum Gasteiger partial charge on any atom is -0.276 e. The summed E-state index contributed by atoms with van der Waals surface area (Å²) in [5, 5.41) is -0.897. The highest BCUT2D eigenvalue weighted by molar-refractivity contribution is 7.83. The van der Waals surface area contributed by atoms with Crippen molar-refractivity contribution in [2.24, 2.45) is 0 Å². The zero-order valence-corrected chi connectivity index (χ0v) is 22.7. The summed E-state index contributed by atoms with van der Waals surface area (Å²) in [7, 11) is -35.6. The third-order valence-electron chi connectivity index (χ3n) is 5.14. The molecule has 36 heteroatoms. The third kappa shape index (κ3) is 3.60. The molecule has 240 valence electrons. The van der Waals surface area contributed by atoms with Gasteiger partial charge in [0, 0.05) is 5.23 Å². The number of rotatable bonds is 1. The van der Waals surface area contributed by atoms with Crippen LogP contribution in [0.25, 0.3) is 0 Å². The molecule has 0 aliphatic carbocycles. The first-order valence-electron chi connectivity index (χ1n) is 9.06. The van der Waals surface area contributed by atoms with Crippen LogP contribution in [0.3, 0.4) is 0 Å². The van der Waals surface area contributed by atoms with E-state index in [1.807, 2.05) is 0 Å². The van der Waals surface area contributed by atoms with Crippen molar-refractivity contribution in [3.05, 3.63) is 0 Å². The van der Waals surface area contributed by atoms with Gasteiger partial charge in [0.2, 0.25) is 0 Å². The number of hydroxylamine groups is 2. The Labute approximate surface area is 228 Å². The van der Waals surface area contributed by atoms with Crippen LogP contribution in [0.4, 0.5) is 0 Å². The molecule has 30 nitrogen and oxygen atoms in total. The zero-order valence-electron chi connectivity index (χ0n) is 17.8. The van der Waals surface area contributed by atoms with Gasteiger partial charge in [0.15, 0.2) is 0 Å². The fourth-order valence-electron chi connectivity index (χ4n) is 3.98. The van der Waals surface area contributed by atoms with Crippen LogP contribution in [-0.2, 0) is 138 Å². The largest absolute Gasteiger partial charge is 0.453 e. The van der Waals surface area contributed by atoms with E-state index in [-0.39, 0.29) is 0 Å². The molecular formula is C6HNO29S6. The van der Waals surface area contributed by atoms with E-state index in [9.17, 15) is 50.5 Å². The Hall–Kier alpha value is -1.02. The van der Waals surface area contributed by atoms with Crippen molar-refractivity contribution in [2.45, 2.75) is 35.3 Å². The Morgan fingerprint density at radius 2 is 1.07 bits per heavy atom. The monoisotopic (exact) mass is 743 g/mol. The molecule has 42 heavy (non-hydrogen) atoms. The first kappa shape index (κ1) is 29.7. The fourth-order valence-corrected chi connectivity index (χ4v) is 8.37. The summed E-state index contributed by atoms with van der Waals surface area (Å²) in [6.45, 7) is 0. The van der Waals surface area contributed by atoms with Gasteiger partial charge < -0.3 is 0 Å². The predicted octanol–water partition coefficient (Wildman–Crippen LogP) is -6.61. The average Bonchev–Trinajstić information content (AvgIpc) is 3.15. The minimum absolute atomic E-state index is 0.897. The summed E-state index contributed by atoms with van der Waals surface area (Å²) in [4.78, 5) is 17.4.